The van der Waals surface area contributed by atoms with Crippen molar-refractivity contribution in [3.05, 3.63) is 218 Å². The summed E-state index contributed by atoms with van der Waals surface area (Å²) in [5, 5.41) is 7.82. The summed E-state index contributed by atoms with van der Waals surface area (Å²) in [7, 11) is -2.75. The number of hydrogen-bond acceptors (Lipinski definition) is 2. The van der Waals surface area contributed by atoms with Crippen molar-refractivity contribution in [2.24, 2.45) is 0 Å². The van der Waals surface area contributed by atoms with Gasteiger partial charge in [0, 0.05) is 28.0 Å². The lowest BCUT2D eigenvalue weighted by molar-refractivity contribution is 0.465. The van der Waals surface area contributed by atoms with Gasteiger partial charge in [-0.15, -0.1) is 0 Å². The van der Waals surface area contributed by atoms with Crippen molar-refractivity contribution in [3.8, 4) is 39.8 Å². The van der Waals surface area contributed by atoms with Crippen molar-refractivity contribution in [3.63, 3.8) is 0 Å². The van der Waals surface area contributed by atoms with Crippen LogP contribution in [0.3, 0.4) is 0 Å². The zero-order valence-corrected chi connectivity index (χ0v) is 33.1. The highest BCUT2D eigenvalue weighted by Crippen LogP contribution is 2.40. The first-order valence-corrected chi connectivity index (χ1v) is 22.3. The Bertz CT molecular complexity index is 3090. The van der Waals surface area contributed by atoms with E-state index in [-0.39, 0.29) is 6.71 Å². The van der Waals surface area contributed by atoms with Crippen LogP contribution < -0.4 is 46.6 Å². The second-order valence-electron chi connectivity index (χ2n) is 15.6. The van der Waals surface area contributed by atoms with Gasteiger partial charge in [-0.25, -0.2) is 0 Å². The number of para-hydroxylation sites is 3. The molecule has 276 valence electrons. The van der Waals surface area contributed by atoms with Crippen molar-refractivity contribution in [1.82, 2.24) is 4.57 Å². The van der Waals surface area contributed by atoms with Gasteiger partial charge in [0.2, 0.25) is 0 Å². The molecule has 0 saturated heterocycles. The van der Waals surface area contributed by atoms with Crippen LogP contribution in [0, 0.1) is 0 Å². The Labute approximate surface area is 344 Å². The van der Waals surface area contributed by atoms with E-state index < -0.39 is 8.07 Å². The highest BCUT2D eigenvalue weighted by atomic mass is 28.3. The van der Waals surface area contributed by atoms with Crippen molar-refractivity contribution in [2.45, 2.75) is 0 Å². The van der Waals surface area contributed by atoms with Crippen molar-refractivity contribution in [2.75, 3.05) is 0 Å². The van der Waals surface area contributed by atoms with E-state index in [1.54, 1.807) is 0 Å². The van der Waals surface area contributed by atoms with E-state index in [4.69, 9.17) is 9.47 Å². The molecular formula is C54H36BNO2Si. The third-order valence-electron chi connectivity index (χ3n) is 12.5. The summed E-state index contributed by atoms with van der Waals surface area (Å²) in [6.07, 6.45) is 0. The maximum Gasteiger partial charge on any atom is 0.260 e. The summed E-state index contributed by atoms with van der Waals surface area (Å²) in [6.45, 7) is -0.0319. The SMILES string of the molecule is c1ccc([Si](c2ccccc2)(c2ccccc2)c2cccc(-c3cc4c5c(c3)Oc3cc(-n6c7ccccc7c7ccccc76)ccc3B5c3ccccc3O4)c2)cc1. The summed E-state index contributed by atoms with van der Waals surface area (Å²) >= 11 is 0. The average Bonchev–Trinajstić information content (AvgIpc) is 3.64. The molecule has 9 aromatic carbocycles. The number of fused-ring (bicyclic) bond motifs is 7. The first kappa shape index (κ1) is 33.8. The number of ether oxygens (including phenoxy) is 2. The third kappa shape index (κ3) is 5.15. The van der Waals surface area contributed by atoms with E-state index in [9.17, 15) is 0 Å². The minimum absolute atomic E-state index is 0.0319. The molecule has 0 fully saturated rings. The largest absolute Gasteiger partial charge is 0.458 e. The predicted octanol–water partition coefficient (Wildman–Crippen LogP) is 8.56. The Kier molecular flexibility index (Phi) is 7.65. The molecule has 2 aliphatic heterocycles. The van der Waals surface area contributed by atoms with Crippen LogP contribution in [0.25, 0.3) is 38.6 Å². The van der Waals surface area contributed by atoms with Crippen molar-refractivity contribution >= 4 is 73.7 Å². The van der Waals surface area contributed by atoms with Crippen LogP contribution in [0.5, 0.6) is 23.0 Å². The van der Waals surface area contributed by atoms with Gasteiger partial charge in [-0.05, 0) is 79.2 Å². The highest BCUT2D eigenvalue weighted by Gasteiger charge is 2.43. The molecule has 0 aliphatic carbocycles. The lowest BCUT2D eigenvalue weighted by atomic mass is 9.35. The molecular weight excluding hydrogens is 733 g/mol. The van der Waals surface area contributed by atoms with E-state index in [2.05, 4.69) is 223 Å². The maximum absolute atomic E-state index is 7.09. The smallest absolute Gasteiger partial charge is 0.260 e. The lowest BCUT2D eigenvalue weighted by Crippen LogP contribution is -2.74. The van der Waals surface area contributed by atoms with Gasteiger partial charge in [-0.3, -0.25) is 0 Å². The standard InChI is InChI=1S/C54H36BNO2Si/c1-4-18-40(19-5-1)59(41-20-6-2-7-21-41,42-22-8-3-9-23-42)43-24-16-17-37(33-43)38-34-52-54-53(35-38)58-51-36-39(31-32-47(51)55(54)46-27-12-15-30-50(46)57-52)56-48-28-13-10-25-44(48)45-26-11-14-29-49(45)56/h1-36H. The molecule has 10 aromatic rings. The molecule has 0 saturated carbocycles. The van der Waals surface area contributed by atoms with Crippen molar-refractivity contribution in [1.29, 1.82) is 0 Å². The first-order chi connectivity index (χ1) is 29.3. The molecule has 12 rings (SSSR count). The van der Waals surface area contributed by atoms with Gasteiger partial charge < -0.3 is 14.0 Å². The second kappa shape index (κ2) is 13.4. The minimum Gasteiger partial charge on any atom is -0.458 e. The van der Waals surface area contributed by atoms with Crippen LogP contribution in [0.1, 0.15) is 0 Å². The Morgan fingerprint density at radius 1 is 0.356 bits per heavy atom. The number of hydrogen-bond donors (Lipinski definition) is 0. The van der Waals surface area contributed by atoms with E-state index in [1.165, 1.54) is 42.6 Å². The zero-order chi connectivity index (χ0) is 38.9. The molecule has 2 aliphatic rings. The Morgan fingerprint density at radius 3 is 1.49 bits per heavy atom. The van der Waals surface area contributed by atoms with E-state index in [0.29, 0.717) is 0 Å². The van der Waals surface area contributed by atoms with Crippen LogP contribution in [0.15, 0.2) is 218 Å². The fourth-order valence-electron chi connectivity index (χ4n) is 9.93. The monoisotopic (exact) mass is 769 g/mol. The number of benzene rings is 9. The van der Waals surface area contributed by atoms with E-state index >= 15 is 0 Å². The number of aromatic nitrogens is 1. The van der Waals surface area contributed by atoms with Gasteiger partial charge >= 0.3 is 0 Å². The Hall–Kier alpha value is -7.34. The Balaban J connectivity index is 1.05. The first-order valence-electron chi connectivity index (χ1n) is 20.3. The number of rotatable bonds is 6. The molecule has 3 nitrogen and oxygen atoms in total. The summed E-state index contributed by atoms with van der Waals surface area (Å²) in [5.74, 6) is 3.40. The predicted molar refractivity (Wildman–Crippen MR) is 248 cm³/mol. The van der Waals surface area contributed by atoms with Gasteiger partial charge in [0.15, 0.2) is 8.07 Å². The molecule has 0 spiro atoms. The van der Waals surface area contributed by atoms with Gasteiger partial charge in [-0.2, -0.15) is 0 Å². The molecule has 5 heteroatoms. The fraction of sp³-hybridized carbons (Fsp3) is 0. The topological polar surface area (TPSA) is 23.4 Å². The molecule has 1 aromatic heterocycles. The summed E-state index contributed by atoms with van der Waals surface area (Å²) in [4.78, 5) is 0. The highest BCUT2D eigenvalue weighted by molar-refractivity contribution is 7.20. The summed E-state index contributed by atoms with van der Waals surface area (Å²) < 4.78 is 16.3. The molecule has 0 radical (unpaired) electrons. The minimum atomic E-state index is -2.75. The molecule has 0 bridgehead atoms. The summed E-state index contributed by atoms with van der Waals surface area (Å²) in [5.41, 5.74) is 8.94. The van der Waals surface area contributed by atoms with E-state index in [1.807, 2.05) is 0 Å². The fourth-order valence-corrected chi connectivity index (χ4v) is 14.7. The van der Waals surface area contributed by atoms with Crippen LogP contribution in [0.2, 0.25) is 0 Å². The Morgan fingerprint density at radius 2 is 0.864 bits per heavy atom. The quantitative estimate of drug-likeness (QED) is 0.125. The van der Waals surface area contributed by atoms with Gasteiger partial charge in [0.25, 0.3) is 6.71 Å². The molecule has 0 atom stereocenters. The molecule has 59 heavy (non-hydrogen) atoms. The van der Waals surface area contributed by atoms with Gasteiger partial charge in [0.1, 0.15) is 23.0 Å². The molecule has 0 amide bonds. The molecule has 3 heterocycles. The van der Waals surface area contributed by atoms with Crippen LogP contribution in [-0.4, -0.2) is 19.4 Å². The van der Waals surface area contributed by atoms with Gasteiger partial charge in [-0.1, -0.05) is 176 Å². The third-order valence-corrected chi connectivity index (χ3v) is 17.2. The van der Waals surface area contributed by atoms with Gasteiger partial charge in [0.05, 0.1) is 11.0 Å². The van der Waals surface area contributed by atoms with Crippen LogP contribution in [-0.2, 0) is 0 Å². The normalized spacial score (nSPS) is 12.6. The van der Waals surface area contributed by atoms with Crippen molar-refractivity contribution < 1.29 is 9.47 Å². The number of nitrogens with zero attached hydrogens (tertiary/aromatic N) is 1. The zero-order valence-electron chi connectivity index (χ0n) is 32.1. The maximum atomic E-state index is 7.09. The molecule has 0 N–H and O–H groups in total. The van der Waals surface area contributed by atoms with Crippen LogP contribution >= 0.6 is 0 Å². The lowest BCUT2D eigenvalue weighted by Gasteiger charge is -2.35. The molecule has 0 unspecified atom stereocenters. The van der Waals surface area contributed by atoms with E-state index in [0.717, 1.165) is 56.2 Å². The summed E-state index contributed by atoms with van der Waals surface area (Å²) in [6, 6.07) is 79.4. The van der Waals surface area contributed by atoms with Crippen LogP contribution in [0.4, 0.5) is 0 Å². The second-order valence-corrected chi connectivity index (χ2v) is 19.4. The average molecular weight is 770 g/mol.